The van der Waals surface area contributed by atoms with E-state index in [4.69, 9.17) is 0 Å². The lowest BCUT2D eigenvalue weighted by Crippen LogP contribution is -2.49. The molecule has 3 heteroatoms. The first kappa shape index (κ1) is 15.4. The monoisotopic (exact) mass is 320 g/mol. The van der Waals surface area contributed by atoms with E-state index in [1.807, 2.05) is 7.05 Å². The van der Waals surface area contributed by atoms with Crippen LogP contribution in [0.15, 0.2) is 48.5 Å². The fourth-order valence-electron chi connectivity index (χ4n) is 4.19. The van der Waals surface area contributed by atoms with Gasteiger partial charge in [-0.2, -0.15) is 0 Å². The van der Waals surface area contributed by atoms with Gasteiger partial charge >= 0.3 is 0 Å². The second kappa shape index (κ2) is 6.40. The summed E-state index contributed by atoms with van der Waals surface area (Å²) in [5.41, 5.74) is 5.34. The average molecular weight is 320 g/mol. The molecule has 1 N–H and O–H groups in total. The van der Waals surface area contributed by atoms with Gasteiger partial charge in [0.25, 0.3) is 0 Å². The molecule has 1 heterocycles. The number of aryl methyl sites for hydroxylation is 2. The number of rotatable bonds is 2. The number of carbonyl (C=O) groups excluding carboxylic acids is 1. The Morgan fingerprint density at radius 2 is 1.50 bits per heavy atom. The van der Waals surface area contributed by atoms with Crippen LogP contribution in [0, 0.1) is 0 Å². The van der Waals surface area contributed by atoms with Crippen molar-refractivity contribution in [1.29, 1.82) is 0 Å². The highest BCUT2D eigenvalue weighted by atomic mass is 16.2. The Hall–Kier alpha value is -2.13. The van der Waals surface area contributed by atoms with E-state index in [1.165, 1.54) is 22.3 Å². The van der Waals surface area contributed by atoms with Gasteiger partial charge in [-0.15, -0.1) is 0 Å². The van der Waals surface area contributed by atoms with Crippen molar-refractivity contribution in [3.05, 3.63) is 70.8 Å². The Bertz CT molecular complexity index is 708. The fraction of sp³-hybridized carbons (Fsp3) is 0.381. The lowest BCUT2D eigenvalue weighted by molar-refractivity contribution is -0.135. The highest BCUT2D eigenvalue weighted by Crippen LogP contribution is 2.38. The number of piperidine rings is 1. The number of fused-ring (bicyclic) bond motifs is 2. The van der Waals surface area contributed by atoms with Crippen LogP contribution in [0.5, 0.6) is 0 Å². The summed E-state index contributed by atoms with van der Waals surface area (Å²) in [5.74, 6) is 0.276. The zero-order valence-corrected chi connectivity index (χ0v) is 14.2. The number of likely N-dealkylation sites (tertiary alicyclic amines) is 1. The molecule has 1 fully saturated rings. The second-order valence-corrected chi connectivity index (χ2v) is 6.87. The predicted molar refractivity (Wildman–Crippen MR) is 95.9 cm³/mol. The van der Waals surface area contributed by atoms with Gasteiger partial charge in [0.05, 0.1) is 6.04 Å². The van der Waals surface area contributed by atoms with E-state index in [9.17, 15) is 4.79 Å². The predicted octanol–water partition coefficient (Wildman–Crippen LogP) is 3.09. The number of hydrogen-bond donors (Lipinski definition) is 1. The SMILES string of the molecule is CNC1CCC(=O)N(C2c3ccccc3CCc3ccccc32)C1. The van der Waals surface area contributed by atoms with Crippen LogP contribution in [0.1, 0.15) is 41.1 Å². The van der Waals surface area contributed by atoms with Crippen molar-refractivity contribution < 1.29 is 4.79 Å². The van der Waals surface area contributed by atoms with E-state index in [2.05, 4.69) is 58.7 Å². The van der Waals surface area contributed by atoms with Crippen molar-refractivity contribution in [1.82, 2.24) is 10.2 Å². The van der Waals surface area contributed by atoms with Gasteiger partial charge in [0.15, 0.2) is 0 Å². The third-order valence-electron chi connectivity index (χ3n) is 5.53. The van der Waals surface area contributed by atoms with Crippen molar-refractivity contribution in [2.45, 2.75) is 37.8 Å². The van der Waals surface area contributed by atoms with Gasteiger partial charge in [-0.05, 0) is 48.6 Å². The Labute approximate surface area is 143 Å². The fourth-order valence-corrected chi connectivity index (χ4v) is 4.19. The molecule has 1 atom stereocenters. The normalized spacial score (nSPS) is 21.1. The Morgan fingerprint density at radius 3 is 2.08 bits per heavy atom. The highest BCUT2D eigenvalue weighted by Gasteiger charge is 2.35. The first-order chi connectivity index (χ1) is 11.8. The number of amides is 1. The molecule has 0 spiro atoms. The zero-order valence-electron chi connectivity index (χ0n) is 14.2. The van der Waals surface area contributed by atoms with Gasteiger partial charge in [-0.1, -0.05) is 48.5 Å². The molecule has 124 valence electrons. The molecule has 4 rings (SSSR count). The molecule has 24 heavy (non-hydrogen) atoms. The molecule has 0 saturated carbocycles. The molecule has 0 bridgehead atoms. The summed E-state index contributed by atoms with van der Waals surface area (Å²) in [5, 5.41) is 3.36. The maximum Gasteiger partial charge on any atom is 0.223 e. The summed E-state index contributed by atoms with van der Waals surface area (Å²) in [6.07, 6.45) is 3.65. The van der Waals surface area contributed by atoms with Crippen LogP contribution in [0.4, 0.5) is 0 Å². The van der Waals surface area contributed by atoms with Crippen LogP contribution in [0.2, 0.25) is 0 Å². The Kier molecular flexibility index (Phi) is 4.11. The number of nitrogens with zero attached hydrogens (tertiary/aromatic N) is 1. The molecule has 3 nitrogen and oxygen atoms in total. The summed E-state index contributed by atoms with van der Waals surface area (Å²) in [7, 11) is 1.99. The van der Waals surface area contributed by atoms with E-state index < -0.39 is 0 Å². The summed E-state index contributed by atoms with van der Waals surface area (Å²) >= 11 is 0. The number of nitrogens with one attached hydrogen (secondary N) is 1. The molecule has 2 aliphatic rings. The van der Waals surface area contributed by atoms with Crippen LogP contribution in [0.25, 0.3) is 0 Å². The maximum absolute atomic E-state index is 12.8. The lowest BCUT2D eigenvalue weighted by Gasteiger charge is -2.39. The number of likely N-dealkylation sites (N-methyl/N-ethyl adjacent to an activating group) is 1. The van der Waals surface area contributed by atoms with Crippen LogP contribution >= 0.6 is 0 Å². The second-order valence-electron chi connectivity index (χ2n) is 6.87. The van der Waals surface area contributed by atoms with Gasteiger partial charge in [-0.25, -0.2) is 0 Å². The standard InChI is InChI=1S/C21H24N2O/c1-22-17-12-13-20(24)23(14-17)21-18-8-4-2-6-15(18)10-11-16-7-3-5-9-19(16)21/h2-9,17,21-22H,10-14H2,1H3. The van der Waals surface area contributed by atoms with Crippen LogP contribution in [0.3, 0.4) is 0 Å². The maximum atomic E-state index is 12.8. The quantitative estimate of drug-likeness (QED) is 0.922. The molecule has 1 amide bonds. The number of hydrogen-bond acceptors (Lipinski definition) is 2. The van der Waals surface area contributed by atoms with E-state index >= 15 is 0 Å². The van der Waals surface area contributed by atoms with Crippen LogP contribution in [-0.2, 0) is 17.6 Å². The molecule has 1 saturated heterocycles. The van der Waals surface area contributed by atoms with Gasteiger partial charge in [-0.3, -0.25) is 4.79 Å². The Morgan fingerprint density at radius 1 is 0.917 bits per heavy atom. The van der Waals surface area contributed by atoms with Crippen molar-refractivity contribution in [2.75, 3.05) is 13.6 Å². The largest absolute Gasteiger partial charge is 0.330 e. The van der Waals surface area contributed by atoms with Gasteiger partial charge in [0.1, 0.15) is 0 Å². The highest BCUT2D eigenvalue weighted by molar-refractivity contribution is 5.78. The summed E-state index contributed by atoms with van der Waals surface area (Å²) in [6, 6.07) is 17.7. The third-order valence-corrected chi connectivity index (χ3v) is 5.53. The van der Waals surface area contributed by atoms with E-state index in [-0.39, 0.29) is 11.9 Å². The first-order valence-electron chi connectivity index (χ1n) is 8.90. The van der Waals surface area contributed by atoms with Gasteiger partial charge in [0, 0.05) is 19.0 Å². The zero-order chi connectivity index (χ0) is 16.5. The average Bonchev–Trinajstić information content (AvgIpc) is 2.79. The molecule has 2 aromatic rings. The van der Waals surface area contributed by atoms with E-state index in [1.54, 1.807) is 0 Å². The summed E-state index contributed by atoms with van der Waals surface area (Å²) in [6.45, 7) is 0.780. The molecule has 1 aliphatic carbocycles. The van der Waals surface area contributed by atoms with Crippen LogP contribution in [-0.4, -0.2) is 30.4 Å². The van der Waals surface area contributed by atoms with Crippen molar-refractivity contribution in [2.24, 2.45) is 0 Å². The smallest absolute Gasteiger partial charge is 0.223 e. The van der Waals surface area contributed by atoms with Crippen molar-refractivity contribution in [3.63, 3.8) is 0 Å². The molecule has 1 aliphatic heterocycles. The topological polar surface area (TPSA) is 32.3 Å². The first-order valence-corrected chi connectivity index (χ1v) is 8.90. The lowest BCUT2D eigenvalue weighted by atomic mass is 9.91. The summed E-state index contributed by atoms with van der Waals surface area (Å²) < 4.78 is 0. The minimum absolute atomic E-state index is 0.0450. The van der Waals surface area contributed by atoms with Crippen molar-refractivity contribution in [3.8, 4) is 0 Å². The summed E-state index contributed by atoms with van der Waals surface area (Å²) in [4.78, 5) is 14.9. The van der Waals surface area contributed by atoms with Gasteiger partial charge < -0.3 is 10.2 Å². The minimum Gasteiger partial charge on any atom is -0.330 e. The molecular formula is C21H24N2O. The van der Waals surface area contributed by atoms with E-state index in [0.29, 0.717) is 12.5 Å². The third kappa shape index (κ3) is 2.63. The van der Waals surface area contributed by atoms with E-state index in [0.717, 1.165) is 25.8 Å². The van der Waals surface area contributed by atoms with Crippen molar-refractivity contribution >= 4 is 5.91 Å². The molecule has 1 unspecified atom stereocenters. The minimum atomic E-state index is 0.0450. The molecule has 0 aromatic heterocycles. The molecule has 0 radical (unpaired) electrons. The van der Waals surface area contributed by atoms with Crippen LogP contribution < -0.4 is 5.32 Å². The molecular weight excluding hydrogens is 296 g/mol. The number of carbonyl (C=O) groups is 1. The molecule has 2 aromatic carbocycles. The number of benzene rings is 2. The Balaban J connectivity index is 1.85. The van der Waals surface area contributed by atoms with Gasteiger partial charge in [0.2, 0.25) is 5.91 Å².